The Bertz CT molecular complexity index is 374. The highest BCUT2D eigenvalue weighted by atomic mass is 28.4. The summed E-state index contributed by atoms with van der Waals surface area (Å²) >= 11 is 0. The lowest BCUT2D eigenvalue weighted by Gasteiger charge is -2.31. The average molecular weight is 488 g/mol. The van der Waals surface area contributed by atoms with Crippen LogP contribution in [0.4, 0.5) is 0 Å². The first kappa shape index (κ1) is 33.1. The van der Waals surface area contributed by atoms with Crippen LogP contribution in [-0.2, 0) is 13.3 Å². The largest absolute Gasteiger partial charge is 0.500 e. The van der Waals surface area contributed by atoms with Crippen LogP contribution in [0.2, 0.25) is 6.04 Å². The van der Waals surface area contributed by atoms with Crippen LogP contribution in [0, 0.1) is 0 Å². The molecule has 0 saturated heterocycles. The smallest absolute Gasteiger partial charge is 0.373 e. The van der Waals surface area contributed by atoms with Crippen molar-refractivity contribution in [2.75, 3.05) is 33.9 Å². The molecule has 1 atom stereocenters. The van der Waals surface area contributed by atoms with Crippen LogP contribution < -0.4 is 0 Å². The lowest BCUT2D eigenvalue weighted by molar-refractivity contribution is 0.0581. The van der Waals surface area contributed by atoms with E-state index in [-0.39, 0.29) is 0 Å². The fourth-order valence-electron chi connectivity index (χ4n) is 4.37. The van der Waals surface area contributed by atoms with Crippen molar-refractivity contribution < 1.29 is 13.3 Å². The van der Waals surface area contributed by atoms with Crippen LogP contribution in [0.1, 0.15) is 137 Å². The van der Waals surface area contributed by atoms with Crippen molar-refractivity contribution in [3.63, 3.8) is 0 Å². The summed E-state index contributed by atoms with van der Waals surface area (Å²) in [7, 11) is 1.93. The van der Waals surface area contributed by atoms with Gasteiger partial charge in [0.2, 0.25) is 0 Å². The first-order chi connectivity index (χ1) is 16.0. The van der Waals surface area contributed by atoms with Crippen molar-refractivity contribution in [1.29, 1.82) is 0 Å². The Labute approximate surface area is 209 Å². The zero-order valence-corrected chi connectivity index (χ0v) is 24.6. The first-order valence-corrected chi connectivity index (χ1v) is 16.6. The molecule has 0 aliphatic heterocycles. The van der Waals surface area contributed by atoms with Crippen molar-refractivity contribution in [3.05, 3.63) is 0 Å². The fourth-order valence-corrected chi connectivity index (χ4v) is 7.24. The molecule has 0 spiro atoms. The van der Waals surface area contributed by atoms with Crippen LogP contribution in [0.5, 0.6) is 0 Å². The molecule has 200 valence electrons. The van der Waals surface area contributed by atoms with E-state index in [4.69, 9.17) is 13.3 Å². The van der Waals surface area contributed by atoms with E-state index < -0.39 is 8.80 Å². The van der Waals surface area contributed by atoms with Crippen LogP contribution in [0.15, 0.2) is 0 Å². The Morgan fingerprint density at radius 1 is 0.515 bits per heavy atom. The average Bonchev–Trinajstić information content (AvgIpc) is 2.81. The summed E-state index contributed by atoms with van der Waals surface area (Å²) in [5, 5.41) is 0. The summed E-state index contributed by atoms with van der Waals surface area (Å²) in [5.74, 6) is 0. The fraction of sp³-hybridized carbons (Fsp3) is 1.00. The Balaban J connectivity index is 4.25. The molecule has 0 aliphatic rings. The molecule has 0 aromatic heterocycles. The summed E-state index contributed by atoms with van der Waals surface area (Å²) in [6.07, 6.45) is 22.2. The van der Waals surface area contributed by atoms with Crippen molar-refractivity contribution in [2.45, 2.75) is 149 Å². The quantitative estimate of drug-likeness (QED) is 0.0902. The van der Waals surface area contributed by atoms with Gasteiger partial charge in [0, 0.05) is 31.9 Å². The van der Waals surface area contributed by atoms with Gasteiger partial charge >= 0.3 is 8.80 Å². The second kappa shape index (κ2) is 23.8. The van der Waals surface area contributed by atoms with Gasteiger partial charge in [0.15, 0.2) is 0 Å². The zero-order chi connectivity index (χ0) is 24.6. The molecule has 1 unspecified atom stereocenters. The Morgan fingerprint density at radius 2 is 0.909 bits per heavy atom. The molecule has 0 N–H and O–H groups in total. The summed E-state index contributed by atoms with van der Waals surface area (Å²) in [5.41, 5.74) is 0. The van der Waals surface area contributed by atoms with E-state index in [1.807, 2.05) is 0 Å². The van der Waals surface area contributed by atoms with Gasteiger partial charge in [-0.25, -0.2) is 0 Å². The van der Waals surface area contributed by atoms with E-state index in [2.05, 4.69) is 46.7 Å². The molecule has 0 aliphatic carbocycles. The van der Waals surface area contributed by atoms with Gasteiger partial charge in [-0.05, 0) is 52.6 Å². The van der Waals surface area contributed by atoms with E-state index >= 15 is 0 Å². The second-order valence-electron chi connectivity index (χ2n) is 10.1. The molecule has 0 saturated carbocycles. The van der Waals surface area contributed by atoms with Gasteiger partial charge in [-0.1, -0.05) is 98.3 Å². The van der Waals surface area contributed by atoms with E-state index in [1.165, 1.54) is 83.5 Å². The van der Waals surface area contributed by atoms with E-state index in [1.54, 1.807) is 0 Å². The molecule has 0 bridgehead atoms. The van der Waals surface area contributed by atoms with E-state index in [0.717, 1.165) is 51.5 Å². The Hall–Kier alpha value is 0.0569. The number of hydrogen-bond donors (Lipinski definition) is 0. The summed E-state index contributed by atoms with van der Waals surface area (Å²) in [4.78, 5) is 2.42. The monoisotopic (exact) mass is 487 g/mol. The van der Waals surface area contributed by atoms with Crippen molar-refractivity contribution in [2.24, 2.45) is 0 Å². The third kappa shape index (κ3) is 19.0. The van der Waals surface area contributed by atoms with Gasteiger partial charge in [-0.3, -0.25) is 0 Å². The van der Waals surface area contributed by atoms with Gasteiger partial charge in [0.05, 0.1) is 0 Å². The first-order valence-electron chi connectivity index (χ1n) is 14.6. The van der Waals surface area contributed by atoms with Crippen LogP contribution in [0.3, 0.4) is 0 Å². The predicted octanol–water partition coefficient (Wildman–Crippen LogP) is 8.62. The summed E-state index contributed by atoms with van der Waals surface area (Å²) < 4.78 is 18.8. The van der Waals surface area contributed by atoms with E-state index in [0.29, 0.717) is 6.04 Å². The molecule has 0 amide bonds. The van der Waals surface area contributed by atoms with Crippen molar-refractivity contribution >= 4 is 8.80 Å². The number of rotatable bonds is 26. The maximum absolute atomic E-state index is 6.28. The molecule has 0 aromatic rings. The second-order valence-corrected chi connectivity index (χ2v) is 12.8. The third-order valence-electron chi connectivity index (χ3n) is 6.47. The highest BCUT2D eigenvalue weighted by Gasteiger charge is 2.40. The molecule has 0 fully saturated rings. The Kier molecular flexibility index (Phi) is 23.8. The molecule has 0 heterocycles. The number of unbranched alkanes of at least 4 members (excludes halogenated alkanes) is 10. The number of nitrogens with zero attached hydrogens (tertiary/aromatic N) is 1. The van der Waals surface area contributed by atoms with Crippen LogP contribution >= 0.6 is 0 Å². The molecule has 0 rings (SSSR count). The Morgan fingerprint density at radius 3 is 1.30 bits per heavy atom. The summed E-state index contributed by atoms with van der Waals surface area (Å²) in [6, 6.07) is 1.61. The van der Waals surface area contributed by atoms with Crippen molar-refractivity contribution in [3.8, 4) is 0 Å². The highest BCUT2D eigenvalue weighted by molar-refractivity contribution is 6.60. The molecule has 0 radical (unpaired) electrons. The van der Waals surface area contributed by atoms with Gasteiger partial charge in [-0.15, -0.1) is 0 Å². The lowest BCUT2D eigenvalue weighted by atomic mass is 10.0. The predicted molar refractivity (Wildman–Crippen MR) is 147 cm³/mol. The molecule has 5 heteroatoms. The van der Waals surface area contributed by atoms with Crippen LogP contribution in [-0.4, -0.2) is 53.7 Å². The van der Waals surface area contributed by atoms with Gasteiger partial charge in [-0.2, -0.15) is 0 Å². The normalized spacial score (nSPS) is 13.2. The zero-order valence-electron chi connectivity index (χ0n) is 23.6. The standard InChI is InChI=1S/C28H61NO3Si/c1-7-11-12-13-14-15-16-17-18-19-20-22-28(29(5)6)23-21-27-33(30-24-8-2,31-25-9-3)32-26-10-4/h28H,7-27H2,1-6H3. The maximum Gasteiger partial charge on any atom is 0.500 e. The minimum absolute atomic E-state index is 0.652. The van der Waals surface area contributed by atoms with Gasteiger partial charge in [0.25, 0.3) is 0 Å². The molecular weight excluding hydrogens is 426 g/mol. The van der Waals surface area contributed by atoms with E-state index in [9.17, 15) is 0 Å². The summed E-state index contributed by atoms with van der Waals surface area (Å²) in [6.45, 7) is 11.0. The third-order valence-corrected chi connectivity index (χ3v) is 9.37. The molecule has 4 nitrogen and oxygen atoms in total. The molecule has 33 heavy (non-hydrogen) atoms. The molecular formula is C28H61NO3Si. The van der Waals surface area contributed by atoms with Gasteiger partial charge < -0.3 is 18.2 Å². The minimum atomic E-state index is -2.55. The number of hydrogen-bond acceptors (Lipinski definition) is 4. The van der Waals surface area contributed by atoms with Crippen molar-refractivity contribution in [1.82, 2.24) is 4.90 Å². The highest BCUT2D eigenvalue weighted by Crippen LogP contribution is 2.23. The van der Waals surface area contributed by atoms with Gasteiger partial charge in [0.1, 0.15) is 0 Å². The lowest BCUT2D eigenvalue weighted by Crippen LogP contribution is -2.46. The minimum Gasteiger partial charge on any atom is -0.373 e. The SMILES string of the molecule is CCCCCCCCCCCCCC(CCC[Si](OCCC)(OCCC)OCCC)N(C)C. The van der Waals surface area contributed by atoms with Crippen LogP contribution in [0.25, 0.3) is 0 Å². The topological polar surface area (TPSA) is 30.9 Å². The molecule has 0 aromatic carbocycles. The maximum atomic E-state index is 6.28.